The van der Waals surface area contributed by atoms with Gasteiger partial charge in [0.05, 0.1) is 0 Å². The number of carbonyl (C=O) groups is 1. The predicted octanol–water partition coefficient (Wildman–Crippen LogP) is 4.34. The van der Waals surface area contributed by atoms with Gasteiger partial charge in [-0.3, -0.25) is 4.79 Å². The highest BCUT2D eigenvalue weighted by atomic mass is 16.5. The Balaban J connectivity index is 2.14. The molecule has 0 aliphatic rings. The molecule has 0 spiro atoms. The van der Waals surface area contributed by atoms with Gasteiger partial charge in [-0.2, -0.15) is 0 Å². The lowest BCUT2D eigenvalue weighted by Crippen LogP contribution is -2.07. The third-order valence-electron chi connectivity index (χ3n) is 3.13. The molecule has 2 nitrogen and oxygen atoms in total. The van der Waals surface area contributed by atoms with Crippen LogP contribution in [0.15, 0.2) is 30.3 Å². The van der Waals surface area contributed by atoms with E-state index in [0.717, 1.165) is 12.0 Å². The molecular formula is C16H24O2. The second-order valence-corrected chi connectivity index (χ2v) is 4.93. The molecule has 0 saturated carbocycles. The first-order chi connectivity index (χ1) is 8.72. The van der Waals surface area contributed by atoms with Crippen molar-refractivity contribution < 1.29 is 9.53 Å². The van der Waals surface area contributed by atoms with Crippen LogP contribution in [0.3, 0.4) is 0 Å². The minimum atomic E-state index is -0.0813. The first-order valence-corrected chi connectivity index (χ1v) is 6.92. The van der Waals surface area contributed by atoms with Gasteiger partial charge >= 0.3 is 5.97 Å². The maximum atomic E-state index is 11.6. The van der Waals surface area contributed by atoms with E-state index >= 15 is 0 Å². The molecular weight excluding hydrogens is 224 g/mol. The van der Waals surface area contributed by atoms with Crippen LogP contribution in [0.5, 0.6) is 0 Å². The number of carbonyl (C=O) groups excluding carboxylic acids is 1. The Morgan fingerprint density at radius 1 is 1.22 bits per heavy atom. The van der Waals surface area contributed by atoms with Crippen molar-refractivity contribution in [2.24, 2.45) is 5.92 Å². The molecule has 1 unspecified atom stereocenters. The second-order valence-electron chi connectivity index (χ2n) is 4.93. The zero-order valence-corrected chi connectivity index (χ0v) is 11.5. The van der Waals surface area contributed by atoms with Crippen molar-refractivity contribution in [2.45, 2.75) is 52.6 Å². The van der Waals surface area contributed by atoms with Crippen molar-refractivity contribution in [3.05, 3.63) is 35.9 Å². The number of rotatable bonds is 8. The van der Waals surface area contributed by atoms with Crippen molar-refractivity contribution in [3.63, 3.8) is 0 Å². The fourth-order valence-corrected chi connectivity index (χ4v) is 1.87. The van der Waals surface area contributed by atoms with E-state index in [2.05, 4.69) is 13.8 Å². The van der Waals surface area contributed by atoms with E-state index in [9.17, 15) is 4.79 Å². The van der Waals surface area contributed by atoms with Crippen LogP contribution in [0.25, 0.3) is 0 Å². The largest absolute Gasteiger partial charge is 0.461 e. The molecule has 0 aromatic heterocycles. The number of esters is 1. The van der Waals surface area contributed by atoms with E-state index in [4.69, 9.17) is 4.74 Å². The highest BCUT2D eigenvalue weighted by molar-refractivity contribution is 5.69. The second kappa shape index (κ2) is 8.73. The molecule has 1 atom stereocenters. The van der Waals surface area contributed by atoms with Crippen molar-refractivity contribution in [2.75, 3.05) is 0 Å². The number of hydrogen-bond donors (Lipinski definition) is 0. The summed E-state index contributed by atoms with van der Waals surface area (Å²) in [4.78, 5) is 11.6. The van der Waals surface area contributed by atoms with E-state index in [1.807, 2.05) is 30.3 Å². The lowest BCUT2D eigenvalue weighted by Gasteiger charge is -2.10. The van der Waals surface area contributed by atoms with Crippen LogP contribution >= 0.6 is 0 Å². The Kier molecular flexibility index (Phi) is 7.16. The van der Waals surface area contributed by atoms with Crippen molar-refractivity contribution in [3.8, 4) is 0 Å². The van der Waals surface area contributed by atoms with Crippen LogP contribution in [-0.2, 0) is 16.1 Å². The smallest absolute Gasteiger partial charge is 0.306 e. The summed E-state index contributed by atoms with van der Waals surface area (Å²) < 4.78 is 5.24. The number of hydrogen-bond acceptors (Lipinski definition) is 2. The summed E-state index contributed by atoms with van der Waals surface area (Å²) in [5.74, 6) is 0.538. The third kappa shape index (κ3) is 6.43. The van der Waals surface area contributed by atoms with Crippen molar-refractivity contribution in [1.29, 1.82) is 0 Å². The van der Waals surface area contributed by atoms with Crippen molar-refractivity contribution >= 4 is 5.97 Å². The van der Waals surface area contributed by atoms with Gasteiger partial charge < -0.3 is 4.74 Å². The highest BCUT2D eigenvalue weighted by Crippen LogP contribution is 2.14. The Bertz CT molecular complexity index is 332. The van der Waals surface area contributed by atoms with Gasteiger partial charge in [0, 0.05) is 6.42 Å². The van der Waals surface area contributed by atoms with Crippen molar-refractivity contribution in [1.82, 2.24) is 0 Å². The molecule has 0 aliphatic heterocycles. The normalized spacial score (nSPS) is 12.1. The Morgan fingerprint density at radius 2 is 1.94 bits per heavy atom. The molecule has 0 bridgehead atoms. The lowest BCUT2D eigenvalue weighted by atomic mass is 9.99. The minimum absolute atomic E-state index is 0.0813. The summed E-state index contributed by atoms with van der Waals surface area (Å²) in [6.07, 6.45) is 5.16. The average molecular weight is 248 g/mol. The fourth-order valence-electron chi connectivity index (χ4n) is 1.87. The molecule has 0 N–H and O–H groups in total. The van der Waals surface area contributed by atoms with Crippen LogP contribution in [-0.4, -0.2) is 5.97 Å². The van der Waals surface area contributed by atoms with E-state index in [0.29, 0.717) is 18.9 Å². The standard InChI is InChI=1S/C16H24O2/c1-3-4-8-14(2)11-12-16(17)18-13-15-9-6-5-7-10-15/h5-7,9-10,14H,3-4,8,11-13H2,1-2H3. The van der Waals surface area contributed by atoms with Gasteiger partial charge in [-0.05, 0) is 17.9 Å². The Hall–Kier alpha value is -1.31. The third-order valence-corrected chi connectivity index (χ3v) is 3.13. The molecule has 18 heavy (non-hydrogen) atoms. The molecule has 0 fully saturated rings. The summed E-state index contributed by atoms with van der Waals surface area (Å²) in [5.41, 5.74) is 1.05. The van der Waals surface area contributed by atoms with E-state index < -0.39 is 0 Å². The van der Waals surface area contributed by atoms with Gasteiger partial charge in [0.1, 0.15) is 6.61 Å². The molecule has 2 heteroatoms. The summed E-state index contributed by atoms with van der Waals surface area (Å²) in [6.45, 7) is 4.80. The van der Waals surface area contributed by atoms with Crippen LogP contribution in [0, 0.1) is 5.92 Å². The SMILES string of the molecule is CCCCC(C)CCC(=O)OCc1ccccc1. The molecule has 0 radical (unpaired) electrons. The molecule has 0 amide bonds. The molecule has 1 aromatic rings. The monoisotopic (exact) mass is 248 g/mol. The van der Waals surface area contributed by atoms with Gasteiger partial charge in [-0.1, -0.05) is 63.4 Å². The topological polar surface area (TPSA) is 26.3 Å². The number of benzene rings is 1. The van der Waals surface area contributed by atoms with E-state index in [1.165, 1.54) is 19.3 Å². The van der Waals surface area contributed by atoms with Gasteiger partial charge in [0.2, 0.25) is 0 Å². The Morgan fingerprint density at radius 3 is 2.61 bits per heavy atom. The van der Waals surface area contributed by atoms with E-state index in [-0.39, 0.29) is 5.97 Å². The highest BCUT2D eigenvalue weighted by Gasteiger charge is 2.07. The molecule has 0 heterocycles. The molecule has 100 valence electrons. The molecule has 0 saturated heterocycles. The maximum Gasteiger partial charge on any atom is 0.306 e. The molecule has 0 aliphatic carbocycles. The predicted molar refractivity (Wildman–Crippen MR) is 74.2 cm³/mol. The lowest BCUT2D eigenvalue weighted by molar-refractivity contribution is -0.145. The maximum absolute atomic E-state index is 11.6. The van der Waals surface area contributed by atoms with Crippen LogP contribution in [0.1, 0.15) is 51.5 Å². The summed E-state index contributed by atoms with van der Waals surface area (Å²) in [6, 6.07) is 9.81. The first-order valence-electron chi connectivity index (χ1n) is 6.92. The van der Waals surface area contributed by atoms with Gasteiger partial charge in [-0.25, -0.2) is 0 Å². The average Bonchev–Trinajstić information content (AvgIpc) is 2.41. The van der Waals surface area contributed by atoms with Gasteiger partial charge in [0.15, 0.2) is 0 Å². The quantitative estimate of drug-likeness (QED) is 0.640. The number of ether oxygens (including phenoxy) is 1. The zero-order chi connectivity index (χ0) is 13.2. The van der Waals surface area contributed by atoms with Crippen LogP contribution in [0.2, 0.25) is 0 Å². The fraction of sp³-hybridized carbons (Fsp3) is 0.562. The summed E-state index contributed by atoms with van der Waals surface area (Å²) in [7, 11) is 0. The van der Waals surface area contributed by atoms with Crippen LogP contribution < -0.4 is 0 Å². The van der Waals surface area contributed by atoms with Crippen LogP contribution in [0.4, 0.5) is 0 Å². The molecule has 1 aromatic carbocycles. The van der Waals surface area contributed by atoms with Gasteiger partial charge in [0.25, 0.3) is 0 Å². The van der Waals surface area contributed by atoms with Gasteiger partial charge in [-0.15, -0.1) is 0 Å². The molecule has 1 rings (SSSR count). The Labute approximate surface area is 110 Å². The minimum Gasteiger partial charge on any atom is -0.461 e. The first kappa shape index (κ1) is 14.7. The van der Waals surface area contributed by atoms with E-state index in [1.54, 1.807) is 0 Å². The summed E-state index contributed by atoms with van der Waals surface area (Å²) in [5, 5.41) is 0. The summed E-state index contributed by atoms with van der Waals surface area (Å²) >= 11 is 0. The number of unbranched alkanes of at least 4 members (excludes halogenated alkanes) is 1. The zero-order valence-electron chi connectivity index (χ0n) is 11.5.